The highest BCUT2D eigenvalue weighted by Gasteiger charge is 2.11. The number of nitrogens with one attached hydrogen (secondary N) is 2. The number of urea groups is 1. The lowest BCUT2D eigenvalue weighted by Gasteiger charge is -2.14. The van der Waals surface area contributed by atoms with Gasteiger partial charge in [0.05, 0.1) is 17.4 Å². The molecule has 5 heteroatoms. The maximum absolute atomic E-state index is 13.4. The van der Waals surface area contributed by atoms with Crippen molar-refractivity contribution in [2.75, 3.05) is 5.32 Å². The Hall–Kier alpha value is -2.43. The molecule has 1 aromatic heterocycles. The van der Waals surface area contributed by atoms with Crippen LogP contribution in [-0.4, -0.2) is 11.0 Å². The molecule has 98 valence electrons. The number of rotatable bonds is 3. The van der Waals surface area contributed by atoms with Crippen molar-refractivity contribution in [3.05, 3.63) is 60.2 Å². The van der Waals surface area contributed by atoms with Crippen molar-refractivity contribution in [1.82, 2.24) is 10.3 Å². The number of nitrogens with zero attached hydrogens (tertiary/aromatic N) is 1. The number of para-hydroxylation sites is 1. The Bertz CT molecular complexity index is 560. The summed E-state index contributed by atoms with van der Waals surface area (Å²) in [5.41, 5.74) is 0.888. The van der Waals surface area contributed by atoms with Gasteiger partial charge in [0.25, 0.3) is 0 Å². The highest BCUT2D eigenvalue weighted by atomic mass is 19.1. The second-order valence-corrected chi connectivity index (χ2v) is 4.05. The molecule has 19 heavy (non-hydrogen) atoms. The Morgan fingerprint density at radius 2 is 1.95 bits per heavy atom. The van der Waals surface area contributed by atoms with E-state index in [-0.39, 0.29) is 11.7 Å². The van der Waals surface area contributed by atoms with Crippen LogP contribution in [0.5, 0.6) is 0 Å². The molecule has 0 unspecified atom stereocenters. The fourth-order valence-electron chi connectivity index (χ4n) is 1.62. The first-order valence-corrected chi connectivity index (χ1v) is 5.90. The molecule has 2 N–H and O–H groups in total. The molecule has 1 aromatic carbocycles. The normalized spacial score (nSPS) is 11.7. The molecular formula is C14H14FN3O. The minimum Gasteiger partial charge on any atom is -0.330 e. The highest BCUT2D eigenvalue weighted by Crippen LogP contribution is 2.13. The van der Waals surface area contributed by atoms with Gasteiger partial charge in [0.15, 0.2) is 0 Å². The summed E-state index contributed by atoms with van der Waals surface area (Å²) in [6.07, 6.45) is 1.66. The first-order valence-electron chi connectivity index (χ1n) is 5.90. The minimum absolute atomic E-state index is 0.147. The molecule has 0 saturated heterocycles. The van der Waals surface area contributed by atoms with Crippen LogP contribution >= 0.6 is 0 Å². The van der Waals surface area contributed by atoms with Crippen LogP contribution in [0.4, 0.5) is 14.9 Å². The molecule has 0 aliphatic carbocycles. The van der Waals surface area contributed by atoms with Gasteiger partial charge in [0.2, 0.25) is 0 Å². The van der Waals surface area contributed by atoms with Gasteiger partial charge in [-0.25, -0.2) is 9.18 Å². The average Bonchev–Trinajstić information content (AvgIpc) is 2.42. The molecule has 2 rings (SSSR count). The number of benzene rings is 1. The molecular weight excluding hydrogens is 245 g/mol. The molecule has 1 heterocycles. The molecule has 0 fully saturated rings. The van der Waals surface area contributed by atoms with Crippen LogP contribution in [0.25, 0.3) is 0 Å². The van der Waals surface area contributed by atoms with Crippen molar-refractivity contribution in [3.63, 3.8) is 0 Å². The zero-order valence-corrected chi connectivity index (χ0v) is 10.4. The number of pyridine rings is 1. The number of carbonyl (C=O) groups is 1. The van der Waals surface area contributed by atoms with E-state index in [0.29, 0.717) is 0 Å². The largest absolute Gasteiger partial charge is 0.330 e. The summed E-state index contributed by atoms with van der Waals surface area (Å²) in [6.45, 7) is 1.81. The van der Waals surface area contributed by atoms with E-state index in [1.54, 1.807) is 24.4 Å². The lowest BCUT2D eigenvalue weighted by atomic mass is 10.2. The first-order chi connectivity index (χ1) is 9.16. The van der Waals surface area contributed by atoms with Crippen LogP contribution in [0.15, 0.2) is 48.7 Å². The van der Waals surface area contributed by atoms with E-state index in [2.05, 4.69) is 15.6 Å². The highest BCUT2D eigenvalue weighted by molar-refractivity contribution is 5.89. The van der Waals surface area contributed by atoms with Crippen LogP contribution in [0.3, 0.4) is 0 Å². The minimum atomic E-state index is -0.469. The third kappa shape index (κ3) is 3.51. The second kappa shape index (κ2) is 5.95. The van der Waals surface area contributed by atoms with Gasteiger partial charge in [-0.15, -0.1) is 0 Å². The molecule has 0 aliphatic heterocycles. The van der Waals surface area contributed by atoms with Gasteiger partial charge in [-0.1, -0.05) is 18.2 Å². The quantitative estimate of drug-likeness (QED) is 0.889. The maximum Gasteiger partial charge on any atom is 0.319 e. The molecule has 0 saturated carbocycles. The molecule has 0 radical (unpaired) electrons. The predicted octanol–water partition coefficient (Wildman–Crippen LogP) is 3.10. The summed E-state index contributed by atoms with van der Waals surface area (Å²) >= 11 is 0. The van der Waals surface area contributed by atoms with Crippen molar-refractivity contribution in [2.24, 2.45) is 0 Å². The number of carbonyl (C=O) groups excluding carboxylic acids is 1. The van der Waals surface area contributed by atoms with E-state index in [1.165, 1.54) is 12.1 Å². The number of amides is 2. The molecule has 2 aromatic rings. The molecule has 0 bridgehead atoms. The van der Waals surface area contributed by atoms with E-state index in [4.69, 9.17) is 0 Å². The Kier molecular flexibility index (Phi) is 4.07. The van der Waals surface area contributed by atoms with Crippen LogP contribution < -0.4 is 10.6 Å². The maximum atomic E-state index is 13.4. The zero-order valence-electron chi connectivity index (χ0n) is 10.4. The van der Waals surface area contributed by atoms with Crippen molar-refractivity contribution in [3.8, 4) is 0 Å². The predicted molar refractivity (Wildman–Crippen MR) is 71.2 cm³/mol. The van der Waals surface area contributed by atoms with Crippen molar-refractivity contribution in [2.45, 2.75) is 13.0 Å². The van der Waals surface area contributed by atoms with Crippen LogP contribution in [-0.2, 0) is 0 Å². The third-order valence-electron chi connectivity index (χ3n) is 2.60. The third-order valence-corrected chi connectivity index (χ3v) is 2.60. The first kappa shape index (κ1) is 13.0. The lowest BCUT2D eigenvalue weighted by Crippen LogP contribution is -2.31. The van der Waals surface area contributed by atoms with Gasteiger partial charge in [0, 0.05) is 6.20 Å². The SMILES string of the molecule is C[C@H](NC(=O)Nc1ccccc1F)c1ccccn1. The molecule has 1 atom stereocenters. The van der Waals surface area contributed by atoms with Crippen molar-refractivity contribution in [1.29, 1.82) is 0 Å². The molecule has 4 nitrogen and oxygen atoms in total. The van der Waals surface area contributed by atoms with Gasteiger partial charge in [-0.05, 0) is 31.2 Å². The van der Waals surface area contributed by atoms with E-state index >= 15 is 0 Å². The van der Waals surface area contributed by atoms with Gasteiger partial charge in [0.1, 0.15) is 5.82 Å². The van der Waals surface area contributed by atoms with E-state index in [9.17, 15) is 9.18 Å². The smallest absolute Gasteiger partial charge is 0.319 e. The fourth-order valence-corrected chi connectivity index (χ4v) is 1.62. The topological polar surface area (TPSA) is 54.0 Å². The summed E-state index contributed by atoms with van der Waals surface area (Å²) < 4.78 is 13.4. The Labute approximate surface area is 110 Å². The van der Waals surface area contributed by atoms with Gasteiger partial charge < -0.3 is 10.6 Å². The standard InChI is InChI=1S/C14H14FN3O/c1-10(12-7-4-5-9-16-12)17-14(19)18-13-8-3-2-6-11(13)15/h2-10H,1H3,(H2,17,18,19)/t10-/m0/s1. The lowest BCUT2D eigenvalue weighted by molar-refractivity contribution is 0.249. The van der Waals surface area contributed by atoms with Crippen molar-refractivity contribution >= 4 is 11.7 Å². The Morgan fingerprint density at radius 3 is 2.63 bits per heavy atom. The van der Waals surface area contributed by atoms with E-state index < -0.39 is 11.8 Å². The van der Waals surface area contributed by atoms with Crippen molar-refractivity contribution < 1.29 is 9.18 Å². The van der Waals surface area contributed by atoms with Crippen LogP contribution in [0, 0.1) is 5.82 Å². The van der Waals surface area contributed by atoms with Crippen LogP contribution in [0.2, 0.25) is 0 Å². The van der Waals surface area contributed by atoms with Gasteiger partial charge >= 0.3 is 6.03 Å². The number of aromatic nitrogens is 1. The number of halogens is 1. The van der Waals surface area contributed by atoms with Gasteiger partial charge in [-0.2, -0.15) is 0 Å². The second-order valence-electron chi connectivity index (χ2n) is 4.05. The summed E-state index contributed by atoms with van der Waals surface area (Å²) in [4.78, 5) is 15.9. The van der Waals surface area contributed by atoms with E-state index in [1.807, 2.05) is 19.1 Å². The molecule has 0 spiro atoms. The summed E-state index contributed by atoms with van der Waals surface area (Å²) in [5.74, 6) is -0.469. The summed E-state index contributed by atoms with van der Waals surface area (Å²) in [5, 5.41) is 5.15. The molecule has 0 aliphatic rings. The zero-order chi connectivity index (χ0) is 13.7. The van der Waals surface area contributed by atoms with Gasteiger partial charge in [-0.3, -0.25) is 4.98 Å². The Morgan fingerprint density at radius 1 is 1.21 bits per heavy atom. The monoisotopic (exact) mass is 259 g/mol. The number of hydrogen-bond acceptors (Lipinski definition) is 2. The summed E-state index contributed by atoms with van der Waals surface area (Å²) in [7, 11) is 0. The Balaban J connectivity index is 1.97. The number of anilines is 1. The number of hydrogen-bond donors (Lipinski definition) is 2. The van der Waals surface area contributed by atoms with Crippen LogP contribution in [0.1, 0.15) is 18.7 Å². The average molecular weight is 259 g/mol. The molecule has 2 amide bonds. The summed E-state index contributed by atoms with van der Waals surface area (Å²) in [6, 6.07) is 10.7. The fraction of sp³-hybridized carbons (Fsp3) is 0.143. The van der Waals surface area contributed by atoms with E-state index in [0.717, 1.165) is 5.69 Å².